The fourth-order valence-corrected chi connectivity index (χ4v) is 2.49. The molecule has 0 aromatic heterocycles. The van der Waals surface area contributed by atoms with Crippen molar-refractivity contribution in [2.75, 3.05) is 6.54 Å². The normalized spacial score (nSPS) is 11.8. The Kier molecular flexibility index (Phi) is 5.71. The zero-order valence-corrected chi connectivity index (χ0v) is 13.8. The van der Waals surface area contributed by atoms with Gasteiger partial charge in [-0.2, -0.15) is 0 Å². The fourth-order valence-electron chi connectivity index (χ4n) is 2.49. The van der Waals surface area contributed by atoms with E-state index in [1.54, 1.807) is 30.3 Å². The summed E-state index contributed by atoms with van der Waals surface area (Å²) in [7, 11) is 0. The molecule has 5 heteroatoms. The molecule has 0 unspecified atom stereocenters. The summed E-state index contributed by atoms with van der Waals surface area (Å²) >= 11 is 0. The van der Waals surface area contributed by atoms with Crippen molar-refractivity contribution in [3.05, 3.63) is 70.3 Å². The van der Waals surface area contributed by atoms with Crippen LogP contribution in [-0.4, -0.2) is 23.6 Å². The SMILES string of the molecule is Cc1ccc(C(=O)OCc2ccc([C@@H](CN)C(=O)O)cc2)c(C)c1. The lowest BCUT2D eigenvalue weighted by Gasteiger charge is -2.11. The molecule has 2 rings (SSSR count). The molecule has 0 saturated carbocycles. The Balaban J connectivity index is 2.01. The van der Waals surface area contributed by atoms with Gasteiger partial charge >= 0.3 is 11.9 Å². The van der Waals surface area contributed by atoms with Crippen molar-refractivity contribution in [3.63, 3.8) is 0 Å². The van der Waals surface area contributed by atoms with E-state index < -0.39 is 11.9 Å². The quantitative estimate of drug-likeness (QED) is 0.796. The van der Waals surface area contributed by atoms with E-state index in [0.717, 1.165) is 16.7 Å². The molecule has 0 aliphatic heterocycles. The molecule has 0 amide bonds. The zero-order valence-electron chi connectivity index (χ0n) is 13.8. The number of nitrogens with two attached hydrogens (primary N) is 1. The second kappa shape index (κ2) is 7.75. The first-order valence-corrected chi connectivity index (χ1v) is 7.68. The van der Waals surface area contributed by atoms with Crippen molar-refractivity contribution < 1.29 is 19.4 Å². The number of rotatable bonds is 6. The maximum Gasteiger partial charge on any atom is 0.338 e. The van der Waals surface area contributed by atoms with Crippen LogP contribution in [0.1, 0.15) is 38.5 Å². The van der Waals surface area contributed by atoms with Gasteiger partial charge < -0.3 is 15.6 Å². The van der Waals surface area contributed by atoms with Gasteiger partial charge in [0.15, 0.2) is 0 Å². The van der Waals surface area contributed by atoms with Crippen molar-refractivity contribution >= 4 is 11.9 Å². The highest BCUT2D eigenvalue weighted by molar-refractivity contribution is 5.91. The van der Waals surface area contributed by atoms with Gasteiger partial charge in [0.25, 0.3) is 0 Å². The summed E-state index contributed by atoms with van der Waals surface area (Å²) in [5, 5.41) is 9.09. The van der Waals surface area contributed by atoms with Crippen LogP contribution in [0.2, 0.25) is 0 Å². The van der Waals surface area contributed by atoms with Crippen molar-refractivity contribution in [1.82, 2.24) is 0 Å². The number of hydrogen-bond acceptors (Lipinski definition) is 4. The van der Waals surface area contributed by atoms with E-state index in [9.17, 15) is 9.59 Å². The van der Waals surface area contributed by atoms with Crippen LogP contribution in [0.4, 0.5) is 0 Å². The smallest absolute Gasteiger partial charge is 0.338 e. The van der Waals surface area contributed by atoms with E-state index in [2.05, 4.69) is 0 Å². The van der Waals surface area contributed by atoms with Gasteiger partial charge in [-0.25, -0.2) is 4.79 Å². The summed E-state index contributed by atoms with van der Waals surface area (Å²) in [5.74, 6) is -2.05. The monoisotopic (exact) mass is 327 g/mol. The summed E-state index contributed by atoms with van der Waals surface area (Å²) in [6.07, 6.45) is 0. The van der Waals surface area contributed by atoms with Gasteiger partial charge in [-0.05, 0) is 36.6 Å². The first kappa shape index (κ1) is 17.7. The molecule has 1 atom stereocenters. The average Bonchev–Trinajstić information content (AvgIpc) is 2.54. The number of benzene rings is 2. The van der Waals surface area contributed by atoms with Crippen molar-refractivity contribution in [3.8, 4) is 0 Å². The maximum absolute atomic E-state index is 12.1. The lowest BCUT2D eigenvalue weighted by Crippen LogP contribution is -2.21. The van der Waals surface area contributed by atoms with E-state index in [1.807, 2.05) is 26.0 Å². The van der Waals surface area contributed by atoms with Gasteiger partial charge in [0.2, 0.25) is 0 Å². The van der Waals surface area contributed by atoms with Gasteiger partial charge in [-0.3, -0.25) is 4.79 Å². The number of aliphatic carboxylic acids is 1. The number of carboxylic acids is 1. The van der Waals surface area contributed by atoms with Crippen LogP contribution >= 0.6 is 0 Å². The zero-order chi connectivity index (χ0) is 17.7. The highest BCUT2D eigenvalue weighted by Crippen LogP contribution is 2.17. The standard InChI is InChI=1S/C19H21NO4/c1-12-3-8-16(13(2)9-12)19(23)24-11-14-4-6-15(7-5-14)17(10-20)18(21)22/h3-9,17H,10-11,20H2,1-2H3,(H,21,22)/t17-/m1/s1. The van der Waals surface area contributed by atoms with Crippen LogP contribution in [-0.2, 0) is 16.1 Å². The minimum Gasteiger partial charge on any atom is -0.481 e. The number of esters is 1. The third kappa shape index (κ3) is 4.20. The molecule has 2 aromatic carbocycles. The molecule has 0 aliphatic carbocycles. The molecule has 0 bridgehead atoms. The predicted molar refractivity (Wildman–Crippen MR) is 90.9 cm³/mol. The number of carbonyl (C=O) groups is 2. The predicted octanol–water partition coefficient (Wildman–Crippen LogP) is 2.79. The molecule has 0 spiro atoms. The number of carbonyl (C=O) groups excluding carboxylic acids is 1. The lowest BCUT2D eigenvalue weighted by atomic mass is 9.98. The molecule has 3 N–H and O–H groups in total. The van der Waals surface area contributed by atoms with Gasteiger partial charge in [0, 0.05) is 6.54 Å². The van der Waals surface area contributed by atoms with Crippen LogP contribution in [0.5, 0.6) is 0 Å². The Morgan fingerprint density at radius 1 is 1.12 bits per heavy atom. The molecular weight excluding hydrogens is 306 g/mol. The van der Waals surface area contributed by atoms with Crippen LogP contribution in [0, 0.1) is 13.8 Å². The minimum atomic E-state index is -0.952. The number of hydrogen-bond donors (Lipinski definition) is 2. The van der Waals surface area contributed by atoms with Crippen LogP contribution < -0.4 is 5.73 Å². The summed E-state index contributed by atoms with van der Waals surface area (Å²) in [4.78, 5) is 23.2. The topological polar surface area (TPSA) is 89.6 Å². The summed E-state index contributed by atoms with van der Waals surface area (Å²) in [6, 6.07) is 12.5. The Hall–Kier alpha value is -2.66. The van der Waals surface area contributed by atoms with Crippen LogP contribution in [0.3, 0.4) is 0 Å². The van der Waals surface area contributed by atoms with Gasteiger partial charge in [-0.15, -0.1) is 0 Å². The van der Waals surface area contributed by atoms with E-state index in [4.69, 9.17) is 15.6 Å². The number of aryl methyl sites for hydroxylation is 2. The minimum absolute atomic E-state index is 0.0381. The molecule has 0 saturated heterocycles. The molecule has 126 valence electrons. The van der Waals surface area contributed by atoms with Gasteiger partial charge in [0.05, 0.1) is 11.5 Å². The Labute approximate surface area is 141 Å². The lowest BCUT2D eigenvalue weighted by molar-refractivity contribution is -0.138. The number of ether oxygens (including phenoxy) is 1. The van der Waals surface area contributed by atoms with Crippen molar-refractivity contribution in [2.24, 2.45) is 5.73 Å². The fraction of sp³-hybridized carbons (Fsp3) is 0.263. The third-order valence-corrected chi connectivity index (χ3v) is 3.89. The molecule has 2 aromatic rings. The van der Waals surface area contributed by atoms with E-state index in [1.165, 1.54) is 0 Å². The molecule has 0 heterocycles. The Bertz CT molecular complexity index is 738. The molecule has 0 fully saturated rings. The number of carboxylic acid groups (broad SMARTS) is 1. The first-order chi connectivity index (χ1) is 11.4. The van der Waals surface area contributed by atoms with Gasteiger partial charge in [0.1, 0.15) is 6.61 Å². The second-order valence-corrected chi connectivity index (χ2v) is 5.76. The average molecular weight is 327 g/mol. The molecular formula is C19H21NO4. The van der Waals surface area contributed by atoms with Crippen molar-refractivity contribution in [2.45, 2.75) is 26.4 Å². The molecule has 24 heavy (non-hydrogen) atoms. The second-order valence-electron chi connectivity index (χ2n) is 5.76. The first-order valence-electron chi connectivity index (χ1n) is 7.68. The van der Waals surface area contributed by atoms with Gasteiger partial charge in [-0.1, -0.05) is 42.0 Å². The van der Waals surface area contributed by atoms with Crippen LogP contribution in [0.15, 0.2) is 42.5 Å². The van der Waals surface area contributed by atoms with Crippen LogP contribution in [0.25, 0.3) is 0 Å². The largest absolute Gasteiger partial charge is 0.481 e. The summed E-state index contributed by atoms with van der Waals surface area (Å²) < 4.78 is 5.33. The molecule has 0 aliphatic rings. The highest BCUT2D eigenvalue weighted by Gasteiger charge is 2.17. The highest BCUT2D eigenvalue weighted by atomic mass is 16.5. The van der Waals surface area contributed by atoms with E-state index in [-0.39, 0.29) is 19.1 Å². The van der Waals surface area contributed by atoms with Crippen molar-refractivity contribution in [1.29, 1.82) is 0 Å². The summed E-state index contributed by atoms with van der Waals surface area (Å²) in [6.45, 7) is 4.01. The third-order valence-electron chi connectivity index (χ3n) is 3.89. The van der Waals surface area contributed by atoms with E-state index in [0.29, 0.717) is 11.1 Å². The Morgan fingerprint density at radius 2 is 1.79 bits per heavy atom. The molecule has 0 radical (unpaired) electrons. The van der Waals surface area contributed by atoms with E-state index >= 15 is 0 Å². The maximum atomic E-state index is 12.1. The Morgan fingerprint density at radius 3 is 2.33 bits per heavy atom. The molecule has 5 nitrogen and oxygen atoms in total. The summed E-state index contributed by atoms with van der Waals surface area (Å²) in [5.41, 5.74) is 9.42.